The van der Waals surface area contributed by atoms with E-state index >= 15 is 0 Å². The van der Waals surface area contributed by atoms with Crippen molar-refractivity contribution >= 4 is 35.2 Å². The molecule has 0 atom stereocenters. The Bertz CT molecular complexity index is 917. The number of para-hydroxylation sites is 2. The van der Waals surface area contributed by atoms with Crippen LogP contribution in [0.4, 0.5) is 21.0 Å². The van der Waals surface area contributed by atoms with Crippen LogP contribution in [0.5, 0.6) is 0 Å². The van der Waals surface area contributed by atoms with Crippen molar-refractivity contribution in [2.75, 3.05) is 10.6 Å². The van der Waals surface area contributed by atoms with Gasteiger partial charge in [-0.15, -0.1) is 0 Å². The number of hydrogen-bond donors (Lipinski definition) is 4. The van der Waals surface area contributed by atoms with Gasteiger partial charge >= 0.3 is 12.2 Å². The zero-order valence-electron chi connectivity index (χ0n) is 21.9. The van der Waals surface area contributed by atoms with Crippen molar-refractivity contribution in [3.63, 3.8) is 0 Å². The van der Waals surface area contributed by atoms with E-state index in [4.69, 9.17) is 21.1 Å². The summed E-state index contributed by atoms with van der Waals surface area (Å²) in [4.78, 5) is 32.9. The SMILES string of the molecule is N/C(CCCCCCCCCCCC/C(N)=N/OC(=O)Nc1ccccc1)=N\OC(=O)Nc1ccccc1. The van der Waals surface area contributed by atoms with Gasteiger partial charge in [0.2, 0.25) is 0 Å². The molecular weight excluding hydrogens is 484 g/mol. The van der Waals surface area contributed by atoms with Crippen LogP contribution in [0.2, 0.25) is 0 Å². The molecule has 2 amide bonds. The topological polar surface area (TPSA) is 153 Å². The normalized spacial score (nSPS) is 11.6. The van der Waals surface area contributed by atoms with Crippen molar-refractivity contribution in [1.29, 1.82) is 0 Å². The van der Waals surface area contributed by atoms with Gasteiger partial charge < -0.3 is 11.5 Å². The van der Waals surface area contributed by atoms with Crippen LogP contribution in [0.15, 0.2) is 71.0 Å². The number of benzene rings is 2. The zero-order valence-corrected chi connectivity index (χ0v) is 21.9. The molecule has 206 valence electrons. The van der Waals surface area contributed by atoms with Gasteiger partial charge in [0.15, 0.2) is 0 Å². The Kier molecular flexibility index (Phi) is 15.1. The molecule has 0 aromatic heterocycles. The molecule has 10 nitrogen and oxygen atoms in total. The van der Waals surface area contributed by atoms with E-state index in [9.17, 15) is 9.59 Å². The third-order valence-electron chi connectivity index (χ3n) is 5.65. The van der Waals surface area contributed by atoms with E-state index in [0.29, 0.717) is 35.9 Å². The number of amidine groups is 2. The van der Waals surface area contributed by atoms with E-state index in [1.165, 1.54) is 25.7 Å². The lowest BCUT2D eigenvalue weighted by molar-refractivity contribution is 0.165. The van der Waals surface area contributed by atoms with E-state index in [1.54, 1.807) is 24.3 Å². The van der Waals surface area contributed by atoms with Gasteiger partial charge in [-0.3, -0.25) is 20.3 Å². The Morgan fingerprint density at radius 3 is 1.21 bits per heavy atom. The van der Waals surface area contributed by atoms with Gasteiger partial charge in [0, 0.05) is 24.2 Å². The number of carbonyl (C=O) groups is 2. The highest BCUT2D eigenvalue weighted by atomic mass is 16.7. The summed E-state index contributed by atoms with van der Waals surface area (Å²) in [7, 11) is 0. The summed E-state index contributed by atoms with van der Waals surface area (Å²) >= 11 is 0. The first kappa shape index (κ1) is 30.1. The van der Waals surface area contributed by atoms with E-state index in [0.717, 1.165) is 38.5 Å². The highest BCUT2D eigenvalue weighted by molar-refractivity contribution is 5.86. The fourth-order valence-corrected chi connectivity index (χ4v) is 3.64. The van der Waals surface area contributed by atoms with Crippen LogP contribution >= 0.6 is 0 Å². The van der Waals surface area contributed by atoms with Gasteiger partial charge in [-0.25, -0.2) is 9.59 Å². The summed E-state index contributed by atoms with van der Waals surface area (Å²) in [6.45, 7) is 0. The van der Waals surface area contributed by atoms with Crippen molar-refractivity contribution in [2.24, 2.45) is 21.8 Å². The molecule has 0 bridgehead atoms. The monoisotopic (exact) mass is 524 g/mol. The number of unbranched alkanes of at least 4 members (excludes halogenated alkanes) is 9. The number of amides is 2. The molecule has 0 fully saturated rings. The van der Waals surface area contributed by atoms with Crippen molar-refractivity contribution in [3.05, 3.63) is 60.7 Å². The fraction of sp³-hybridized carbons (Fsp3) is 0.429. The number of anilines is 2. The largest absolute Gasteiger partial charge is 0.437 e. The van der Waals surface area contributed by atoms with Gasteiger partial charge in [-0.1, -0.05) is 98.1 Å². The first-order valence-electron chi connectivity index (χ1n) is 13.2. The van der Waals surface area contributed by atoms with Crippen LogP contribution in [-0.2, 0) is 9.68 Å². The summed E-state index contributed by atoms with van der Waals surface area (Å²) in [5.41, 5.74) is 12.9. The highest BCUT2D eigenvalue weighted by Gasteiger charge is 2.04. The predicted molar refractivity (Wildman–Crippen MR) is 152 cm³/mol. The lowest BCUT2D eigenvalue weighted by atomic mass is 10.0. The summed E-state index contributed by atoms with van der Waals surface area (Å²) in [5.74, 6) is 0.641. The minimum absolute atomic E-state index is 0.320. The van der Waals surface area contributed by atoms with Crippen LogP contribution in [0.1, 0.15) is 77.0 Å². The molecule has 0 radical (unpaired) electrons. The molecule has 38 heavy (non-hydrogen) atoms. The number of nitrogens with zero attached hydrogens (tertiary/aromatic N) is 2. The molecule has 2 aromatic rings. The van der Waals surface area contributed by atoms with Crippen LogP contribution in [0, 0.1) is 0 Å². The summed E-state index contributed by atoms with van der Waals surface area (Å²) < 4.78 is 0. The Morgan fingerprint density at radius 2 is 0.868 bits per heavy atom. The van der Waals surface area contributed by atoms with Crippen molar-refractivity contribution in [1.82, 2.24) is 0 Å². The zero-order chi connectivity index (χ0) is 27.3. The minimum Gasteiger partial charge on any atom is -0.384 e. The van der Waals surface area contributed by atoms with Gasteiger partial charge in [0.1, 0.15) is 11.7 Å². The third kappa shape index (κ3) is 15.1. The standard InChI is InChI=1S/C28H40N6O4/c29-25(33-37-27(35)31-23-17-11-9-12-18-23)21-15-7-5-3-1-2-4-6-8-16-22-26(30)34-38-28(36)32-24-19-13-10-14-20-24/h9-14,17-20H,1-8,15-16,21-22H2,(H2,29,33)(H2,30,34)(H,31,35)(H,32,36). The molecule has 0 saturated heterocycles. The molecule has 0 aliphatic carbocycles. The van der Waals surface area contributed by atoms with Gasteiger partial charge in [0.05, 0.1) is 0 Å². The highest BCUT2D eigenvalue weighted by Crippen LogP contribution is 2.12. The molecular formula is C28H40N6O4. The van der Waals surface area contributed by atoms with Crippen molar-refractivity contribution < 1.29 is 19.3 Å². The Morgan fingerprint density at radius 1 is 0.553 bits per heavy atom. The number of oxime groups is 2. The lowest BCUT2D eigenvalue weighted by Gasteiger charge is -2.04. The van der Waals surface area contributed by atoms with Crippen LogP contribution in [-0.4, -0.2) is 23.9 Å². The Labute approximate surface area is 224 Å². The molecule has 6 N–H and O–H groups in total. The molecule has 0 heterocycles. The third-order valence-corrected chi connectivity index (χ3v) is 5.65. The number of rotatable bonds is 17. The smallest absolute Gasteiger partial charge is 0.384 e. The molecule has 0 unspecified atom stereocenters. The number of nitrogens with one attached hydrogen (secondary N) is 2. The molecule has 0 saturated carbocycles. The van der Waals surface area contributed by atoms with E-state index in [1.807, 2.05) is 36.4 Å². The molecule has 0 aliphatic rings. The first-order valence-corrected chi connectivity index (χ1v) is 13.2. The van der Waals surface area contributed by atoms with Gasteiger partial charge in [0.25, 0.3) is 0 Å². The summed E-state index contributed by atoms with van der Waals surface area (Å²) in [5, 5.41) is 12.5. The predicted octanol–water partition coefficient (Wildman–Crippen LogP) is 6.71. The average Bonchev–Trinajstić information content (AvgIpc) is 2.92. The Balaban J connectivity index is 1.37. The first-order chi connectivity index (χ1) is 18.5. The van der Waals surface area contributed by atoms with E-state index < -0.39 is 12.2 Å². The quantitative estimate of drug-likeness (QED) is 0.0593. The fourth-order valence-electron chi connectivity index (χ4n) is 3.64. The second-order valence-electron chi connectivity index (χ2n) is 8.94. The number of carbonyl (C=O) groups excluding carboxylic acids is 2. The summed E-state index contributed by atoms with van der Waals surface area (Å²) in [6.07, 6.45) is 10.9. The summed E-state index contributed by atoms with van der Waals surface area (Å²) in [6, 6.07) is 18.0. The molecule has 0 spiro atoms. The maximum absolute atomic E-state index is 11.7. The Hall–Kier alpha value is -4.08. The van der Waals surface area contributed by atoms with Crippen LogP contribution in [0.3, 0.4) is 0 Å². The molecule has 2 aromatic carbocycles. The second kappa shape index (κ2) is 19.1. The molecule has 10 heteroatoms. The average molecular weight is 525 g/mol. The number of hydrogen-bond acceptors (Lipinski definition) is 6. The van der Waals surface area contributed by atoms with Crippen LogP contribution in [0.25, 0.3) is 0 Å². The number of nitrogens with two attached hydrogens (primary N) is 2. The van der Waals surface area contributed by atoms with Gasteiger partial charge in [-0.05, 0) is 37.1 Å². The van der Waals surface area contributed by atoms with Gasteiger partial charge in [-0.2, -0.15) is 0 Å². The van der Waals surface area contributed by atoms with Crippen molar-refractivity contribution in [2.45, 2.75) is 77.0 Å². The van der Waals surface area contributed by atoms with Crippen LogP contribution < -0.4 is 22.1 Å². The van der Waals surface area contributed by atoms with Crippen molar-refractivity contribution in [3.8, 4) is 0 Å². The van der Waals surface area contributed by atoms with E-state index in [-0.39, 0.29) is 0 Å². The second-order valence-corrected chi connectivity index (χ2v) is 8.94. The lowest BCUT2D eigenvalue weighted by Crippen LogP contribution is -2.16. The molecule has 0 aliphatic heterocycles. The minimum atomic E-state index is -0.659. The maximum Gasteiger partial charge on any atom is 0.437 e. The van der Waals surface area contributed by atoms with E-state index in [2.05, 4.69) is 20.9 Å². The molecule has 2 rings (SSSR count). The maximum atomic E-state index is 11.7.